The van der Waals surface area contributed by atoms with Crippen LogP contribution >= 0.6 is 34.2 Å². The van der Waals surface area contributed by atoms with Crippen LogP contribution in [-0.4, -0.2) is 61.0 Å². The molecule has 1 heterocycles. The highest BCUT2D eigenvalue weighted by Crippen LogP contribution is 2.36. The molecule has 1 aromatic rings. The van der Waals surface area contributed by atoms with Crippen LogP contribution < -0.4 is 4.72 Å². The Hall–Kier alpha value is -0.210. The first kappa shape index (κ1) is 20.8. The topological polar surface area (TPSA) is 126 Å². The normalized spacial score (nSPS) is 12.6. The van der Waals surface area contributed by atoms with E-state index in [2.05, 4.69) is 16.4 Å². The number of nitrogens with zero attached hydrogens (tertiary/aromatic N) is 1. The van der Waals surface area contributed by atoms with Crippen molar-refractivity contribution in [2.45, 2.75) is 11.4 Å². The molecule has 0 atom stereocenters. The Balaban J connectivity index is 2.56. The van der Waals surface area contributed by atoms with Gasteiger partial charge in [-0.15, -0.1) is 23.4 Å². The lowest BCUT2D eigenvalue weighted by atomic mass is 10.6. The van der Waals surface area contributed by atoms with Crippen molar-refractivity contribution < 1.29 is 27.0 Å². The van der Waals surface area contributed by atoms with Crippen LogP contribution in [0.3, 0.4) is 0 Å². The maximum Gasteiger partial charge on any atom is 0.212 e. The first-order chi connectivity index (χ1) is 10.6. The minimum absolute atomic E-state index is 0.0111. The zero-order chi connectivity index (χ0) is 17.7. The number of hydrogen-bond acceptors (Lipinski definition) is 9. The van der Waals surface area contributed by atoms with E-state index in [-0.39, 0.29) is 29.9 Å². The third kappa shape index (κ3) is 6.66. The van der Waals surface area contributed by atoms with Gasteiger partial charge in [-0.3, -0.25) is 4.57 Å². The summed E-state index contributed by atoms with van der Waals surface area (Å²) in [5.74, 6) is -1.42. The molecule has 3 N–H and O–H groups in total. The highest BCUT2D eigenvalue weighted by Gasteiger charge is 2.18. The van der Waals surface area contributed by atoms with Crippen LogP contribution in [0.1, 0.15) is 0 Å². The van der Waals surface area contributed by atoms with Crippen LogP contribution in [0.25, 0.3) is 0 Å². The summed E-state index contributed by atoms with van der Waals surface area (Å²) < 4.78 is 49.9. The van der Waals surface area contributed by atoms with E-state index in [9.17, 15) is 27.0 Å². The molecule has 1 aromatic heterocycles. The minimum atomic E-state index is -3.76. The molecule has 0 unspecified atom stereocenters. The summed E-state index contributed by atoms with van der Waals surface area (Å²) in [5.41, 5.74) is 0. The third-order valence-electron chi connectivity index (χ3n) is 2.73. The Bertz CT molecular complexity index is 727. The molecule has 0 bridgehead atoms. The average molecular weight is 423 g/mol. The number of aromatic nitrogens is 1. The number of thioether (sulfide) groups is 1. The SMILES string of the molecule is CSCS(=O)(=O)CCS(=O)(=O)NCCn1c(O)cc(SS)c1O. The van der Waals surface area contributed by atoms with Crippen LogP contribution in [-0.2, 0) is 26.4 Å². The summed E-state index contributed by atoms with van der Waals surface area (Å²) in [6, 6.07) is 1.30. The van der Waals surface area contributed by atoms with Crippen molar-refractivity contribution in [2.24, 2.45) is 0 Å². The van der Waals surface area contributed by atoms with E-state index in [0.29, 0.717) is 4.90 Å². The van der Waals surface area contributed by atoms with Crippen molar-refractivity contribution in [3.8, 4) is 11.8 Å². The Kier molecular flexibility index (Phi) is 7.93. The molecule has 0 aliphatic heterocycles. The summed E-state index contributed by atoms with van der Waals surface area (Å²) in [6.07, 6.45) is 1.62. The van der Waals surface area contributed by atoms with Crippen molar-refractivity contribution in [3.63, 3.8) is 0 Å². The molecular weight excluding hydrogens is 404 g/mol. The molecule has 0 aromatic carbocycles. The lowest BCUT2D eigenvalue weighted by Crippen LogP contribution is -2.32. The number of nitrogens with one attached hydrogen (secondary N) is 1. The quantitative estimate of drug-likeness (QED) is 0.317. The highest BCUT2D eigenvalue weighted by atomic mass is 33.1. The Labute approximate surface area is 148 Å². The summed E-state index contributed by atoms with van der Waals surface area (Å²) in [7, 11) is -6.23. The van der Waals surface area contributed by atoms with E-state index < -0.39 is 31.4 Å². The molecule has 0 fully saturated rings. The Morgan fingerprint density at radius 1 is 1.26 bits per heavy atom. The second-order valence-electron chi connectivity index (χ2n) is 4.50. The molecular formula is C10H18N2O6S5. The Morgan fingerprint density at radius 2 is 1.91 bits per heavy atom. The van der Waals surface area contributed by atoms with Crippen LogP contribution in [0.2, 0.25) is 0 Å². The van der Waals surface area contributed by atoms with Gasteiger partial charge < -0.3 is 10.2 Å². The van der Waals surface area contributed by atoms with Crippen molar-refractivity contribution in [3.05, 3.63) is 6.07 Å². The van der Waals surface area contributed by atoms with E-state index in [1.807, 2.05) is 0 Å². The zero-order valence-corrected chi connectivity index (χ0v) is 16.3. The number of thiol groups is 1. The molecule has 0 spiro atoms. The van der Waals surface area contributed by atoms with Gasteiger partial charge >= 0.3 is 0 Å². The van der Waals surface area contributed by atoms with Gasteiger partial charge in [-0.2, -0.15) is 0 Å². The van der Waals surface area contributed by atoms with E-state index in [4.69, 9.17) is 0 Å². The van der Waals surface area contributed by atoms with Crippen LogP contribution in [0.15, 0.2) is 11.0 Å². The molecule has 0 aliphatic rings. The van der Waals surface area contributed by atoms with Crippen molar-refractivity contribution >= 4 is 54.1 Å². The summed E-state index contributed by atoms with van der Waals surface area (Å²) >= 11 is 5.02. The minimum Gasteiger partial charge on any atom is -0.494 e. The second-order valence-corrected chi connectivity index (χ2v) is 11.0. The molecule has 0 aliphatic carbocycles. The molecule has 23 heavy (non-hydrogen) atoms. The maximum absolute atomic E-state index is 11.8. The summed E-state index contributed by atoms with van der Waals surface area (Å²) in [4.78, 5) is 0.344. The van der Waals surface area contributed by atoms with Gasteiger partial charge in [0.15, 0.2) is 15.7 Å². The van der Waals surface area contributed by atoms with Gasteiger partial charge in [0.2, 0.25) is 15.9 Å². The van der Waals surface area contributed by atoms with Gasteiger partial charge in [0.25, 0.3) is 0 Å². The fourth-order valence-corrected chi connectivity index (χ4v) is 6.75. The van der Waals surface area contributed by atoms with Crippen LogP contribution in [0.5, 0.6) is 11.8 Å². The number of sulfonamides is 1. The second kappa shape index (κ2) is 8.76. The molecule has 13 heteroatoms. The highest BCUT2D eigenvalue weighted by molar-refractivity contribution is 8.68. The molecule has 0 amide bonds. The summed E-state index contributed by atoms with van der Waals surface area (Å²) in [6.45, 7) is -0.111. The Morgan fingerprint density at radius 3 is 2.43 bits per heavy atom. The summed E-state index contributed by atoms with van der Waals surface area (Å²) in [5, 5.41) is 19.3. The van der Waals surface area contributed by atoms with Crippen molar-refractivity contribution in [2.75, 3.05) is 29.4 Å². The lowest BCUT2D eigenvalue weighted by molar-refractivity contribution is 0.364. The number of aromatic hydroxyl groups is 2. The monoisotopic (exact) mass is 422 g/mol. The van der Waals surface area contributed by atoms with Gasteiger partial charge in [0.05, 0.1) is 21.5 Å². The predicted molar refractivity (Wildman–Crippen MR) is 96.6 cm³/mol. The van der Waals surface area contributed by atoms with E-state index in [1.165, 1.54) is 6.07 Å². The molecule has 0 saturated heterocycles. The van der Waals surface area contributed by atoms with E-state index in [0.717, 1.165) is 27.1 Å². The number of rotatable bonds is 10. The molecule has 0 saturated carbocycles. The first-order valence-electron chi connectivity index (χ1n) is 6.21. The largest absolute Gasteiger partial charge is 0.494 e. The molecule has 1 rings (SSSR count). The van der Waals surface area contributed by atoms with Crippen LogP contribution in [0, 0.1) is 0 Å². The van der Waals surface area contributed by atoms with Gasteiger partial charge in [0, 0.05) is 19.2 Å². The average Bonchev–Trinajstić information content (AvgIpc) is 2.72. The molecule has 8 nitrogen and oxygen atoms in total. The smallest absolute Gasteiger partial charge is 0.212 e. The zero-order valence-electron chi connectivity index (χ0n) is 12.2. The number of hydrogen-bond donors (Lipinski definition) is 4. The van der Waals surface area contributed by atoms with Crippen molar-refractivity contribution in [1.82, 2.24) is 9.29 Å². The fraction of sp³-hybridized carbons (Fsp3) is 0.600. The number of sulfone groups is 1. The third-order valence-corrected chi connectivity index (χ3v) is 8.67. The fourth-order valence-electron chi connectivity index (χ4n) is 1.65. The van der Waals surface area contributed by atoms with E-state index >= 15 is 0 Å². The predicted octanol–water partition coefficient (Wildman–Crippen LogP) is 0.491. The van der Waals surface area contributed by atoms with Gasteiger partial charge in [-0.1, -0.05) is 10.8 Å². The van der Waals surface area contributed by atoms with Gasteiger partial charge in [-0.05, 0) is 6.26 Å². The van der Waals surface area contributed by atoms with Gasteiger partial charge in [0.1, 0.15) is 0 Å². The first-order valence-corrected chi connectivity index (χ1v) is 12.9. The lowest BCUT2D eigenvalue weighted by Gasteiger charge is -2.09. The van der Waals surface area contributed by atoms with Crippen LogP contribution in [0.4, 0.5) is 0 Å². The maximum atomic E-state index is 11.8. The van der Waals surface area contributed by atoms with Gasteiger partial charge in [-0.25, -0.2) is 21.6 Å². The standard InChI is InChI=1S/C10H18N2O6S5/c1-20-7-22(15,16)4-5-23(17,18)11-2-3-12-9(13)6-8(21-19)10(12)14/h6,11,13-14,19H,2-5,7H2,1H3. The molecule has 134 valence electrons. The van der Waals surface area contributed by atoms with Crippen molar-refractivity contribution in [1.29, 1.82) is 0 Å². The molecule has 0 radical (unpaired) electrons. The van der Waals surface area contributed by atoms with E-state index in [1.54, 1.807) is 6.26 Å².